The molecule has 8 nitrogen and oxygen atoms in total. The van der Waals surface area contributed by atoms with E-state index in [1.54, 1.807) is 69.3 Å². The molecule has 4 aromatic carbocycles. The predicted molar refractivity (Wildman–Crippen MR) is 170 cm³/mol. The number of oxazole rings is 1. The first-order valence-electron chi connectivity index (χ1n) is 14.4. The number of nitrogens with zero attached hydrogens (tertiary/aromatic N) is 2. The monoisotopic (exact) mass is 612 g/mol. The number of aryl methyl sites for hydroxylation is 1. The van der Waals surface area contributed by atoms with Crippen molar-refractivity contribution < 1.29 is 27.1 Å². The highest BCUT2D eigenvalue weighted by Gasteiger charge is 2.30. The Hall–Kier alpha value is -4.47. The van der Waals surface area contributed by atoms with Gasteiger partial charge in [-0.3, -0.25) is 4.79 Å². The molecule has 0 fully saturated rings. The number of carbonyl (C=O) groups is 1. The molecule has 9 heteroatoms. The number of hydrogen-bond acceptors (Lipinski definition) is 7. The molecule has 0 amide bonds. The van der Waals surface area contributed by atoms with Crippen LogP contribution < -0.4 is 4.74 Å². The van der Waals surface area contributed by atoms with E-state index < -0.39 is 28.1 Å². The van der Waals surface area contributed by atoms with Crippen LogP contribution in [-0.4, -0.2) is 42.4 Å². The summed E-state index contributed by atoms with van der Waals surface area (Å²) in [6.45, 7) is 7.08. The van der Waals surface area contributed by atoms with Crippen LogP contribution in [0.5, 0.6) is 5.75 Å². The van der Waals surface area contributed by atoms with E-state index in [1.807, 2.05) is 55.5 Å². The fourth-order valence-electron chi connectivity index (χ4n) is 4.83. The molecule has 1 heterocycles. The smallest absolute Gasteiger partial charge is 0.321 e. The third-order valence-electron chi connectivity index (χ3n) is 6.90. The van der Waals surface area contributed by atoms with Crippen molar-refractivity contribution in [1.29, 1.82) is 0 Å². The molecule has 44 heavy (non-hydrogen) atoms. The van der Waals surface area contributed by atoms with Gasteiger partial charge in [-0.25, -0.2) is 13.4 Å². The minimum Gasteiger partial charge on any atom is -0.493 e. The molecule has 228 valence electrons. The molecule has 5 rings (SSSR count). The van der Waals surface area contributed by atoms with Crippen LogP contribution in [0, 0.1) is 6.92 Å². The Labute approximate surface area is 258 Å². The second kappa shape index (κ2) is 13.0. The van der Waals surface area contributed by atoms with Crippen molar-refractivity contribution in [2.75, 3.05) is 13.2 Å². The van der Waals surface area contributed by atoms with Gasteiger partial charge in [0.1, 0.15) is 23.7 Å². The second-order valence-corrected chi connectivity index (χ2v) is 13.4. The first-order valence-corrected chi connectivity index (χ1v) is 15.9. The average molecular weight is 613 g/mol. The number of hydrogen-bond donors (Lipinski definition) is 0. The molecule has 0 atom stereocenters. The molecule has 0 aliphatic rings. The number of rotatable bonds is 11. The van der Waals surface area contributed by atoms with E-state index in [0.717, 1.165) is 26.7 Å². The van der Waals surface area contributed by atoms with Gasteiger partial charge in [-0.15, -0.1) is 0 Å². The lowest BCUT2D eigenvalue weighted by Crippen LogP contribution is -2.38. The lowest BCUT2D eigenvalue weighted by molar-refractivity contribution is -0.155. The van der Waals surface area contributed by atoms with Gasteiger partial charge in [0.2, 0.25) is 15.9 Å². The summed E-state index contributed by atoms with van der Waals surface area (Å²) in [5.74, 6) is 1.34. The van der Waals surface area contributed by atoms with Crippen molar-refractivity contribution in [3.8, 4) is 17.2 Å². The van der Waals surface area contributed by atoms with Crippen LogP contribution in [0.15, 0.2) is 106 Å². The van der Waals surface area contributed by atoms with Crippen molar-refractivity contribution in [3.63, 3.8) is 0 Å². The van der Waals surface area contributed by atoms with Gasteiger partial charge in [0, 0.05) is 23.9 Å². The number of ether oxygens (including phenoxy) is 2. The largest absolute Gasteiger partial charge is 0.493 e. The Kier molecular flexibility index (Phi) is 9.17. The standard InChI is InChI=1S/C35H36N2O6S/c1-25-31(36-34(42-25)28-12-6-5-7-13-28)21-22-41-29-19-17-26(18-20-29)23-37(24-33(38)43-35(2,3)4)44(39,40)32-16-10-14-27-11-8-9-15-30(27)32/h5-20H,21-24H2,1-4H3. The number of benzene rings is 4. The van der Waals surface area contributed by atoms with Crippen LogP contribution >= 0.6 is 0 Å². The number of aromatic nitrogens is 1. The molecule has 0 unspecified atom stereocenters. The highest BCUT2D eigenvalue weighted by atomic mass is 32.2. The molecule has 0 saturated carbocycles. The molecule has 5 aromatic rings. The Balaban J connectivity index is 1.29. The average Bonchev–Trinajstić information content (AvgIpc) is 3.37. The Bertz CT molecular complexity index is 1840. The normalized spacial score (nSPS) is 12.0. The Morgan fingerprint density at radius 2 is 1.57 bits per heavy atom. The van der Waals surface area contributed by atoms with E-state index in [4.69, 9.17) is 13.9 Å². The zero-order valence-corrected chi connectivity index (χ0v) is 26.1. The van der Waals surface area contributed by atoms with Crippen LogP contribution in [0.4, 0.5) is 0 Å². The van der Waals surface area contributed by atoms with E-state index in [9.17, 15) is 13.2 Å². The zero-order chi connectivity index (χ0) is 31.3. The van der Waals surface area contributed by atoms with Gasteiger partial charge in [-0.2, -0.15) is 4.31 Å². The molecule has 0 saturated heterocycles. The SMILES string of the molecule is Cc1oc(-c2ccccc2)nc1CCOc1ccc(CN(CC(=O)OC(C)(C)C)S(=O)(=O)c2cccc3ccccc23)cc1. The third kappa shape index (κ3) is 7.53. The van der Waals surface area contributed by atoms with Crippen LogP contribution in [0.3, 0.4) is 0 Å². The van der Waals surface area contributed by atoms with Crippen molar-refractivity contribution in [2.24, 2.45) is 0 Å². The number of fused-ring (bicyclic) bond motifs is 1. The van der Waals surface area contributed by atoms with Gasteiger partial charge in [0.25, 0.3) is 0 Å². The lowest BCUT2D eigenvalue weighted by atomic mass is 10.1. The molecule has 0 N–H and O–H groups in total. The predicted octanol–water partition coefficient (Wildman–Crippen LogP) is 6.96. The highest BCUT2D eigenvalue weighted by molar-refractivity contribution is 7.89. The Morgan fingerprint density at radius 3 is 2.30 bits per heavy atom. The van der Waals surface area contributed by atoms with Crippen LogP contribution in [0.1, 0.15) is 37.8 Å². The maximum atomic E-state index is 14.0. The summed E-state index contributed by atoms with van der Waals surface area (Å²) in [6, 6.07) is 29.3. The zero-order valence-electron chi connectivity index (χ0n) is 25.3. The number of carbonyl (C=O) groups excluding carboxylic acids is 1. The van der Waals surface area contributed by atoms with Gasteiger partial charge in [-0.1, -0.05) is 66.7 Å². The van der Waals surface area contributed by atoms with Gasteiger partial charge in [0.05, 0.1) is 17.2 Å². The van der Waals surface area contributed by atoms with Gasteiger partial charge in [0.15, 0.2) is 0 Å². The number of esters is 1. The second-order valence-electron chi connectivity index (χ2n) is 11.5. The molecular weight excluding hydrogens is 576 g/mol. The van der Waals surface area contributed by atoms with E-state index >= 15 is 0 Å². The quantitative estimate of drug-likeness (QED) is 0.149. The fourth-order valence-corrected chi connectivity index (χ4v) is 6.41. The van der Waals surface area contributed by atoms with Crippen LogP contribution in [0.2, 0.25) is 0 Å². The van der Waals surface area contributed by atoms with Gasteiger partial charge in [-0.05, 0) is 69.0 Å². The molecule has 0 spiro atoms. The first-order chi connectivity index (χ1) is 21.0. The van der Waals surface area contributed by atoms with Crippen molar-refractivity contribution in [1.82, 2.24) is 9.29 Å². The third-order valence-corrected chi connectivity index (χ3v) is 8.75. The van der Waals surface area contributed by atoms with Crippen molar-refractivity contribution >= 4 is 26.8 Å². The fraction of sp³-hybridized carbons (Fsp3) is 0.257. The van der Waals surface area contributed by atoms with E-state index in [2.05, 4.69) is 4.98 Å². The van der Waals surface area contributed by atoms with Crippen molar-refractivity contribution in [2.45, 2.75) is 51.2 Å². The minimum atomic E-state index is -4.07. The molecular formula is C35H36N2O6S. The lowest BCUT2D eigenvalue weighted by Gasteiger charge is -2.25. The van der Waals surface area contributed by atoms with Gasteiger partial charge < -0.3 is 13.9 Å². The summed E-state index contributed by atoms with van der Waals surface area (Å²) in [6.07, 6.45) is 0.566. The van der Waals surface area contributed by atoms with E-state index in [-0.39, 0.29) is 11.4 Å². The first kappa shape index (κ1) is 31.0. The van der Waals surface area contributed by atoms with E-state index in [0.29, 0.717) is 35.6 Å². The molecule has 1 aromatic heterocycles. The summed E-state index contributed by atoms with van der Waals surface area (Å²) >= 11 is 0. The summed E-state index contributed by atoms with van der Waals surface area (Å²) in [5, 5.41) is 1.38. The van der Waals surface area contributed by atoms with E-state index in [1.165, 1.54) is 0 Å². The summed E-state index contributed by atoms with van der Waals surface area (Å²) in [4.78, 5) is 17.6. The Morgan fingerprint density at radius 1 is 0.886 bits per heavy atom. The van der Waals surface area contributed by atoms with Crippen LogP contribution in [-0.2, 0) is 32.5 Å². The molecule has 0 bridgehead atoms. The maximum absolute atomic E-state index is 14.0. The number of sulfonamides is 1. The summed E-state index contributed by atoms with van der Waals surface area (Å²) in [7, 11) is -4.07. The van der Waals surface area contributed by atoms with Gasteiger partial charge >= 0.3 is 5.97 Å². The minimum absolute atomic E-state index is 0.0223. The summed E-state index contributed by atoms with van der Waals surface area (Å²) < 4.78 is 46.4. The topological polar surface area (TPSA) is 98.9 Å². The van der Waals surface area contributed by atoms with Crippen molar-refractivity contribution in [3.05, 3.63) is 114 Å². The molecule has 0 radical (unpaired) electrons. The highest BCUT2D eigenvalue weighted by Crippen LogP contribution is 2.28. The molecule has 0 aliphatic carbocycles. The van der Waals surface area contributed by atoms with Crippen LogP contribution in [0.25, 0.3) is 22.2 Å². The molecule has 0 aliphatic heterocycles. The maximum Gasteiger partial charge on any atom is 0.321 e. The summed E-state index contributed by atoms with van der Waals surface area (Å²) in [5.41, 5.74) is 1.70.